The van der Waals surface area contributed by atoms with Gasteiger partial charge in [-0.15, -0.1) is 5.69 Å². The quantitative estimate of drug-likeness (QED) is 0.275. The molecule has 183 valence electrons. The summed E-state index contributed by atoms with van der Waals surface area (Å²) in [6.07, 6.45) is 4.83. The predicted molar refractivity (Wildman–Crippen MR) is 136 cm³/mol. The minimum atomic E-state index is -0.403. The third-order valence-corrected chi connectivity index (χ3v) is 4.96. The number of benzene rings is 2. The maximum atomic E-state index is 8.28. The molecule has 36 heavy (non-hydrogen) atoms. The van der Waals surface area contributed by atoms with Gasteiger partial charge in [0, 0.05) is 61.6 Å². The summed E-state index contributed by atoms with van der Waals surface area (Å²) in [4.78, 5) is 12.8. The Bertz CT molecular complexity index is 1470. The van der Waals surface area contributed by atoms with Gasteiger partial charge in [0.15, 0.2) is 5.65 Å². The zero-order valence-corrected chi connectivity index (χ0v) is 23.1. The van der Waals surface area contributed by atoms with Gasteiger partial charge in [0.25, 0.3) is 0 Å². The predicted octanol–water partition coefficient (Wildman–Crippen LogP) is 4.91. The van der Waals surface area contributed by atoms with Crippen molar-refractivity contribution in [1.29, 1.82) is 0 Å². The number of fused-ring (bicyclic) bond motifs is 2. The molecule has 0 aliphatic rings. The fourth-order valence-corrected chi connectivity index (χ4v) is 3.12. The summed E-state index contributed by atoms with van der Waals surface area (Å²) in [6.45, 7) is 5.57. The summed E-state index contributed by atoms with van der Waals surface area (Å²) in [5.41, 5.74) is 16.5. The van der Waals surface area contributed by atoms with E-state index >= 15 is 0 Å². The third-order valence-electron chi connectivity index (χ3n) is 4.96. The van der Waals surface area contributed by atoms with Crippen LogP contribution in [0.3, 0.4) is 0 Å². The van der Waals surface area contributed by atoms with Crippen molar-refractivity contribution >= 4 is 33.7 Å². The Labute approximate surface area is 234 Å². The van der Waals surface area contributed by atoms with Crippen molar-refractivity contribution in [1.82, 2.24) is 24.6 Å². The molecule has 0 spiro atoms. The van der Waals surface area contributed by atoms with E-state index in [9.17, 15) is 0 Å². The van der Waals surface area contributed by atoms with E-state index in [1.807, 2.05) is 49.5 Å². The molecule has 5 aromatic rings. The first-order valence-electron chi connectivity index (χ1n) is 10.9. The van der Waals surface area contributed by atoms with Crippen LogP contribution >= 0.6 is 0 Å². The molecule has 0 fully saturated rings. The number of aliphatic hydroxyl groups is 1. The number of nitrogens with one attached hydrogen (secondary N) is 2. The number of pyridine rings is 1. The van der Waals surface area contributed by atoms with Gasteiger partial charge in [-0.05, 0) is 56.7 Å². The van der Waals surface area contributed by atoms with Crippen LogP contribution in [-0.2, 0) is 32.7 Å². The Morgan fingerprint density at radius 1 is 1.06 bits per heavy atom. The molecule has 0 aliphatic heterocycles. The SMILES string of the molecule is CC(C)(N)CO.Cc1cc(Nc2ncnc3ccc([NH-])cc23)ccc1Oc1ccn2ncnc2c1.[Y]. The van der Waals surface area contributed by atoms with Crippen molar-refractivity contribution in [2.24, 2.45) is 5.73 Å². The van der Waals surface area contributed by atoms with E-state index in [-0.39, 0.29) is 39.3 Å². The molecule has 0 amide bonds. The summed E-state index contributed by atoms with van der Waals surface area (Å²) in [5, 5.41) is 16.5. The third kappa shape index (κ3) is 6.95. The maximum Gasteiger partial charge on any atom is 0.158 e. The molecule has 0 aliphatic carbocycles. The molecule has 11 heteroatoms. The molecule has 0 saturated heterocycles. The number of aryl methyl sites for hydroxylation is 1. The van der Waals surface area contributed by atoms with E-state index in [2.05, 4.69) is 25.4 Å². The molecule has 1 radical (unpaired) electrons. The molecule has 0 bridgehead atoms. The van der Waals surface area contributed by atoms with Crippen LogP contribution in [-0.4, -0.2) is 41.8 Å². The topological polar surface area (TPSA) is 147 Å². The minimum absolute atomic E-state index is 0. The van der Waals surface area contributed by atoms with Gasteiger partial charge in [0.05, 0.1) is 12.1 Å². The van der Waals surface area contributed by atoms with E-state index in [1.165, 1.54) is 12.7 Å². The van der Waals surface area contributed by atoms with Crippen LogP contribution in [0.15, 0.2) is 67.4 Å². The monoisotopic (exact) mass is 560 g/mol. The summed E-state index contributed by atoms with van der Waals surface area (Å²) >= 11 is 0. The number of ether oxygens (including phenoxy) is 1. The second-order valence-electron chi connectivity index (χ2n) is 8.73. The Balaban J connectivity index is 0.000000464. The number of aromatic nitrogens is 5. The molecular formula is C25H27N8O2Y-. The molecule has 10 nitrogen and oxygen atoms in total. The van der Waals surface area contributed by atoms with Crippen LogP contribution in [0, 0.1) is 6.92 Å². The van der Waals surface area contributed by atoms with Crippen molar-refractivity contribution in [3.05, 3.63) is 78.7 Å². The minimum Gasteiger partial charge on any atom is -0.699 e. The fourth-order valence-electron chi connectivity index (χ4n) is 3.12. The van der Waals surface area contributed by atoms with Gasteiger partial charge in [-0.3, -0.25) is 0 Å². The second-order valence-corrected chi connectivity index (χ2v) is 8.73. The molecule has 0 unspecified atom stereocenters. The fraction of sp³-hybridized carbons (Fsp3) is 0.200. The van der Waals surface area contributed by atoms with E-state index in [4.69, 9.17) is 21.3 Å². The van der Waals surface area contributed by atoms with E-state index in [0.717, 1.165) is 33.6 Å². The van der Waals surface area contributed by atoms with Crippen molar-refractivity contribution in [2.45, 2.75) is 26.3 Å². The maximum absolute atomic E-state index is 8.28. The summed E-state index contributed by atoms with van der Waals surface area (Å²) in [6, 6.07) is 14.8. The largest absolute Gasteiger partial charge is 0.699 e. The standard InChI is InChI=1S/C21H16N7O.C4H11NO.Y/c1-13-8-15(27-21-17-9-14(22)2-4-18(17)23-11-25-21)3-5-19(13)29-16-6-7-28-20(10-16)24-12-26-28;1-4(2,5)3-6;/h2-12,22H,1H3,(H,23,25,27);6H,3,5H2,1-2H3;/q-1;;. The van der Waals surface area contributed by atoms with Crippen molar-refractivity contribution in [3.8, 4) is 11.5 Å². The molecule has 0 saturated carbocycles. The molecular weight excluding hydrogens is 533 g/mol. The van der Waals surface area contributed by atoms with Crippen LogP contribution in [0.2, 0.25) is 0 Å². The average Bonchev–Trinajstić information content (AvgIpc) is 3.29. The van der Waals surface area contributed by atoms with Crippen LogP contribution in [0.1, 0.15) is 19.4 Å². The van der Waals surface area contributed by atoms with Gasteiger partial charge in [-0.1, -0.05) is 12.1 Å². The molecule has 5 rings (SSSR count). The van der Waals surface area contributed by atoms with Gasteiger partial charge in [-0.2, -0.15) is 5.10 Å². The van der Waals surface area contributed by atoms with E-state index < -0.39 is 5.54 Å². The first-order valence-corrected chi connectivity index (χ1v) is 10.9. The Morgan fingerprint density at radius 2 is 1.83 bits per heavy atom. The number of nitrogens with zero attached hydrogens (tertiary/aromatic N) is 5. The molecule has 2 aromatic carbocycles. The molecule has 0 atom stereocenters. The normalized spacial score (nSPS) is 10.9. The van der Waals surface area contributed by atoms with Gasteiger partial charge in [-0.25, -0.2) is 19.5 Å². The van der Waals surface area contributed by atoms with Gasteiger partial charge < -0.3 is 26.6 Å². The van der Waals surface area contributed by atoms with Gasteiger partial charge >= 0.3 is 0 Å². The molecule has 3 aromatic heterocycles. The smallest absolute Gasteiger partial charge is 0.158 e. The molecule has 3 heterocycles. The van der Waals surface area contributed by atoms with Crippen LogP contribution in [0.5, 0.6) is 11.5 Å². The number of anilines is 2. The first kappa shape index (κ1) is 27.4. The molecule has 5 N–H and O–H groups in total. The number of hydrogen-bond donors (Lipinski definition) is 3. The second kappa shape index (κ2) is 11.7. The van der Waals surface area contributed by atoms with Crippen molar-refractivity contribution < 1.29 is 42.6 Å². The summed E-state index contributed by atoms with van der Waals surface area (Å²) in [7, 11) is 0. The number of nitrogens with two attached hydrogens (primary N) is 1. The first-order chi connectivity index (χ1) is 16.7. The van der Waals surface area contributed by atoms with Crippen molar-refractivity contribution in [3.63, 3.8) is 0 Å². The average molecular weight is 560 g/mol. The van der Waals surface area contributed by atoms with Crippen molar-refractivity contribution in [2.75, 3.05) is 11.9 Å². The number of hydrogen-bond acceptors (Lipinski definition) is 8. The van der Waals surface area contributed by atoms with E-state index in [0.29, 0.717) is 17.3 Å². The van der Waals surface area contributed by atoms with Gasteiger partial charge in [0.2, 0.25) is 0 Å². The van der Waals surface area contributed by atoms with Gasteiger partial charge in [0.1, 0.15) is 30.0 Å². The van der Waals surface area contributed by atoms with Crippen LogP contribution < -0.4 is 15.8 Å². The van der Waals surface area contributed by atoms with Crippen LogP contribution in [0.25, 0.3) is 22.3 Å². The Kier molecular flexibility index (Phi) is 8.91. The summed E-state index contributed by atoms with van der Waals surface area (Å²) < 4.78 is 7.70. The summed E-state index contributed by atoms with van der Waals surface area (Å²) in [5.74, 6) is 2.11. The van der Waals surface area contributed by atoms with E-state index in [1.54, 1.807) is 30.5 Å². The Morgan fingerprint density at radius 3 is 2.56 bits per heavy atom. The Hall–Kier alpha value is -3.18. The zero-order valence-electron chi connectivity index (χ0n) is 20.3. The number of aliphatic hydroxyl groups excluding tert-OH is 1. The number of rotatable bonds is 5. The zero-order chi connectivity index (χ0) is 25.0. The van der Waals surface area contributed by atoms with Crippen LogP contribution in [0.4, 0.5) is 17.2 Å².